The van der Waals surface area contributed by atoms with Crippen LogP contribution in [-0.4, -0.2) is 40.7 Å². The summed E-state index contributed by atoms with van der Waals surface area (Å²) in [6, 6.07) is 0.888. The molecule has 9 nitrogen and oxygen atoms in total. The van der Waals surface area contributed by atoms with Crippen LogP contribution in [0.5, 0.6) is 0 Å². The van der Waals surface area contributed by atoms with Crippen LogP contribution in [-0.2, 0) is 9.59 Å². The molecule has 0 aromatic carbocycles. The molecule has 1 saturated heterocycles. The maximum Gasteiger partial charge on any atom is 0.325 e. The molecule has 2 rings (SSSR count). The molecule has 1 aromatic rings. The Bertz CT molecular complexity index is 691. The molecule has 2 heterocycles. The second-order valence-electron chi connectivity index (χ2n) is 5.78. The minimum absolute atomic E-state index is 0.291. The number of nitrogens with one attached hydrogen (secondary N) is 3. The van der Waals surface area contributed by atoms with E-state index in [1.165, 1.54) is 19.9 Å². The average molecular weight is 322 g/mol. The van der Waals surface area contributed by atoms with E-state index in [0.29, 0.717) is 17.1 Å². The van der Waals surface area contributed by atoms with Crippen molar-refractivity contribution in [3.8, 4) is 0 Å². The number of carbonyl (C=O) groups is 4. The van der Waals surface area contributed by atoms with E-state index in [4.69, 9.17) is 4.42 Å². The number of nitrogens with zero attached hydrogens (tertiary/aromatic N) is 1. The van der Waals surface area contributed by atoms with E-state index in [1.54, 1.807) is 13.8 Å². The number of carbonyl (C=O) groups excluding carboxylic acids is 4. The van der Waals surface area contributed by atoms with Gasteiger partial charge in [-0.25, -0.2) is 4.79 Å². The molecule has 0 aliphatic carbocycles. The Labute approximate surface area is 132 Å². The molecule has 1 aromatic heterocycles. The van der Waals surface area contributed by atoms with Gasteiger partial charge in [-0.2, -0.15) is 0 Å². The highest BCUT2D eigenvalue weighted by atomic mass is 16.3. The highest BCUT2D eigenvalue weighted by molar-refractivity contribution is 6.08. The third-order valence-corrected chi connectivity index (χ3v) is 3.35. The van der Waals surface area contributed by atoms with Crippen LogP contribution in [0.4, 0.5) is 4.79 Å². The summed E-state index contributed by atoms with van der Waals surface area (Å²) in [4.78, 5) is 48.1. The van der Waals surface area contributed by atoms with Crippen LogP contribution in [0.2, 0.25) is 0 Å². The summed E-state index contributed by atoms with van der Waals surface area (Å²) in [5.41, 5.74) is 3.61. The van der Waals surface area contributed by atoms with Crippen LogP contribution < -0.4 is 16.2 Å². The number of imide groups is 1. The Balaban J connectivity index is 1.91. The molecule has 0 spiro atoms. The van der Waals surface area contributed by atoms with E-state index in [9.17, 15) is 19.2 Å². The van der Waals surface area contributed by atoms with Gasteiger partial charge in [0.1, 0.15) is 23.6 Å². The van der Waals surface area contributed by atoms with Gasteiger partial charge in [-0.1, -0.05) is 0 Å². The summed E-state index contributed by atoms with van der Waals surface area (Å²) in [5, 5.41) is 2.46. The lowest BCUT2D eigenvalue weighted by atomic mass is 10.1. The summed E-state index contributed by atoms with van der Waals surface area (Å²) >= 11 is 0. The lowest BCUT2D eigenvalue weighted by molar-refractivity contribution is -0.134. The summed E-state index contributed by atoms with van der Waals surface area (Å²) in [7, 11) is 0. The maximum absolute atomic E-state index is 11.9. The van der Waals surface area contributed by atoms with Crippen molar-refractivity contribution in [3.05, 3.63) is 23.2 Å². The molecule has 1 fully saturated rings. The summed E-state index contributed by atoms with van der Waals surface area (Å²) in [5.74, 6) is -0.765. The van der Waals surface area contributed by atoms with Crippen molar-refractivity contribution in [2.45, 2.75) is 33.2 Å². The van der Waals surface area contributed by atoms with E-state index in [2.05, 4.69) is 16.2 Å². The van der Waals surface area contributed by atoms with Crippen LogP contribution in [0.15, 0.2) is 10.5 Å². The third kappa shape index (κ3) is 3.33. The number of hydrazine groups is 1. The standard InChI is InChI=1S/C14H18N4O5/c1-7-5-9(8(2)23-7)11(20)17-16-10(19)6-18-12(21)14(3,4)15-13(18)22/h5H,6H2,1-4H3,(H,15,22)(H,16,19)(H,17,20). The van der Waals surface area contributed by atoms with Gasteiger partial charge in [0, 0.05) is 0 Å². The molecule has 0 radical (unpaired) electrons. The van der Waals surface area contributed by atoms with Crippen molar-refractivity contribution in [2.24, 2.45) is 0 Å². The first-order valence-corrected chi connectivity index (χ1v) is 6.92. The number of hydrogen-bond acceptors (Lipinski definition) is 5. The molecule has 5 amide bonds. The Hall–Kier alpha value is -2.84. The fourth-order valence-electron chi connectivity index (χ4n) is 2.19. The predicted octanol–water partition coefficient (Wildman–Crippen LogP) is -0.0122. The predicted molar refractivity (Wildman–Crippen MR) is 78.1 cm³/mol. The Morgan fingerprint density at radius 3 is 2.39 bits per heavy atom. The molecule has 0 saturated carbocycles. The number of amides is 5. The molecule has 1 aliphatic heterocycles. The fourth-order valence-corrected chi connectivity index (χ4v) is 2.19. The molecule has 23 heavy (non-hydrogen) atoms. The molecule has 1 aliphatic rings. The van der Waals surface area contributed by atoms with Gasteiger partial charge >= 0.3 is 6.03 Å². The number of rotatable bonds is 3. The van der Waals surface area contributed by atoms with E-state index in [-0.39, 0.29) is 0 Å². The minimum atomic E-state index is -1.05. The van der Waals surface area contributed by atoms with Crippen molar-refractivity contribution in [1.82, 2.24) is 21.1 Å². The van der Waals surface area contributed by atoms with Crippen molar-refractivity contribution >= 4 is 23.8 Å². The van der Waals surface area contributed by atoms with E-state index < -0.39 is 35.8 Å². The molecule has 0 bridgehead atoms. The topological polar surface area (TPSA) is 121 Å². The van der Waals surface area contributed by atoms with Crippen LogP contribution in [0.25, 0.3) is 0 Å². The molecule has 124 valence electrons. The summed E-state index contributed by atoms with van der Waals surface area (Å²) in [6.45, 7) is 5.91. The van der Waals surface area contributed by atoms with Crippen molar-refractivity contribution in [1.29, 1.82) is 0 Å². The second kappa shape index (κ2) is 5.75. The monoisotopic (exact) mass is 322 g/mol. The van der Waals surface area contributed by atoms with Crippen LogP contribution in [0.3, 0.4) is 0 Å². The number of aryl methyl sites for hydroxylation is 2. The third-order valence-electron chi connectivity index (χ3n) is 3.35. The fraction of sp³-hybridized carbons (Fsp3) is 0.429. The Morgan fingerprint density at radius 2 is 1.91 bits per heavy atom. The second-order valence-corrected chi connectivity index (χ2v) is 5.78. The molecule has 0 unspecified atom stereocenters. The van der Waals surface area contributed by atoms with Gasteiger partial charge in [0.05, 0.1) is 5.56 Å². The first kappa shape index (κ1) is 16.5. The maximum atomic E-state index is 11.9. The van der Waals surface area contributed by atoms with Crippen molar-refractivity contribution in [3.63, 3.8) is 0 Å². The largest absolute Gasteiger partial charge is 0.466 e. The minimum Gasteiger partial charge on any atom is -0.466 e. The molecular weight excluding hydrogens is 304 g/mol. The Kier molecular flexibility index (Phi) is 4.13. The van der Waals surface area contributed by atoms with Gasteiger partial charge in [-0.05, 0) is 33.8 Å². The average Bonchev–Trinajstić information content (AvgIpc) is 2.87. The zero-order chi connectivity index (χ0) is 17.4. The van der Waals surface area contributed by atoms with Crippen molar-refractivity contribution in [2.75, 3.05) is 6.54 Å². The zero-order valence-electron chi connectivity index (χ0n) is 13.3. The van der Waals surface area contributed by atoms with Gasteiger partial charge in [-0.3, -0.25) is 30.1 Å². The molecule has 0 atom stereocenters. The van der Waals surface area contributed by atoms with Gasteiger partial charge in [0.15, 0.2) is 0 Å². The zero-order valence-corrected chi connectivity index (χ0v) is 13.3. The Morgan fingerprint density at radius 1 is 1.26 bits per heavy atom. The number of hydrogen-bond donors (Lipinski definition) is 3. The van der Waals surface area contributed by atoms with Crippen molar-refractivity contribution < 1.29 is 23.6 Å². The molecular formula is C14H18N4O5. The molecule has 3 N–H and O–H groups in total. The quantitative estimate of drug-likeness (QED) is 0.534. The van der Waals surface area contributed by atoms with Gasteiger partial charge < -0.3 is 9.73 Å². The first-order chi connectivity index (χ1) is 10.6. The smallest absolute Gasteiger partial charge is 0.325 e. The first-order valence-electron chi connectivity index (χ1n) is 6.92. The molecule has 9 heteroatoms. The lowest BCUT2D eigenvalue weighted by Crippen LogP contribution is -2.48. The number of urea groups is 1. The lowest BCUT2D eigenvalue weighted by Gasteiger charge is -2.15. The highest BCUT2D eigenvalue weighted by Crippen LogP contribution is 2.16. The summed E-state index contributed by atoms with van der Waals surface area (Å²) in [6.07, 6.45) is 0. The van der Waals surface area contributed by atoms with E-state index in [1.807, 2.05) is 0 Å². The number of furan rings is 1. The van der Waals surface area contributed by atoms with Crippen LogP contribution in [0.1, 0.15) is 35.7 Å². The van der Waals surface area contributed by atoms with Gasteiger partial charge in [0.2, 0.25) is 0 Å². The SMILES string of the molecule is Cc1cc(C(=O)NNC(=O)CN2C(=O)NC(C)(C)C2=O)c(C)o1. The van der Waals surface area contributed by atoms with Gasteiger partial charge in [-0.15, -0.1) is 0 Å². The van der Waals surface area contributed by atoms with E-state index in [0.717, 1.165) is 4.90 Å². The van der Waals surface area contributed by atoms with E-state index >= 15 is 0 Å². The highest BCUT2D eigenvalue weighted by Gasteiger charge is 2.44. The normalized spacial score (nSPS) is 16.3. The van der Waals surface area contributed by atoms with Crippen LogP contribution in [0, 0.1) is 13.8 Å². The van der Waals surface area contributed by atoms with Crippen LogP contribution >= 0.6 is 0 Å². The summed E-state index contributed by atoms with van der Waals surface area (Å²) < 4.78 is 5.22. The van der Waals surface area contributed by atoms with Gasteiger partial charge in [0.25, 0.3) is 17.7 Å².